The molecule has 0 aliphatic rings. The minimum atomic E-state index is -0.0206. The zero-order valence-corrected chi connectivity index (χ0v) is 13.9. The summed E-state index contributed by atoms with van der Waals surface area (Å²) >= 11 is 3.51. The lowest BCUT2D eigenvalue weighted by atomic mass is 9.98. The number of halogens is 1. The summed E-state index contributed by atoms with van der Waals surface area (Å²) in [6.45, 7) is 6.44. The summed E-state index contributed by atoms with van der Waals surface area (Å²) in [5.41, 5.74) is 9.80. The summed E-state index contributed by atoms with van der Waals surface area (Å²) < 4.78 is 3.09. The summed E-state index contributed by atoms with van der Waals surface area (Å²) in [5, 5.41) is 4.62. The van der Waals surface area contributed by atoms with E-state index in [0.29, 0.717) is 6.04 Å². The van der Waals surface area contributed by atoms with Crippen molar-refractivity contribution in [2.75, 3.05) is 0 Å². The molecule has 0 amide bonds. The first-order chi connectivity index (χ1) is 9.51. The van der Waals surface area contributed by atoms with Crippen molar-refractivity contribution in [3.63, 3.8) is 0 Å². The van der Waals surface area contributed by atoms with E-state index >= 15 is 0 Å². The highest BCUT2D eigenvalue weighted by atomic mass is 79.9. The molecule has 3 nitrogen and oxygen atoms in total. The topological polar surface area (TPSA) is 43.8 Å². The number of aryl methyl sites for hydroxylation is 1. The molecule has 0 aliphatic heterocycles. The lowest BCUT2D eigenvalue weighted by Crippen LogP contribution is -2.15. The van der Waals surface area contributed by atoms with Gasteiger partial charge in [-0.1, -0.05) is 28.9 Å². The highest BCUT2D eigenvalue weighted by Gasteiger charge is 2.13. The van der Waals surface area contributed by atoms with Gasteiger partial charge in [0.05, 0.1) is 5.69 Å². The fourth-order valence-electron chi connectivity index (χ4n) is 2.26. The zero-order chi connectivity index (χ0) is 14.7. The predicted molar refractivity (Wildman–Crippen MR) is 86.7 cm³/mol. The van der Waals surface area contributed by atoms with Gasteiger partial charge in [-0.2, -0.15) is 5.10 Å². The van der Waals surface area contributed by atoms with E-state index in [1.807, 2.05) is 16.9 Å². The van der Waals surface area contributed by atoms with Crippen LogP contribution in [0.5, 0.6) is 0 Å². The van der Waals surface area contributed by atoms with Crippen LogP contribution in [0.2, 0.25) is 0 Å². The Morgan fingerprint density at radius 3 is 2.80 bits per heavy atom. The quantitative estimate of drug-likeness (QED) is 0.891. The van der Waals surface area contributed by atoms with Gasteiger partial charge in [-0.3, -0.25) is 4.68 Å². The molecule has 0 radical (unpaired) electrons. The zero-order valence-electron chi connectivity index (χ0n) is 12.3. The van der Waals surface area contributed by atoms with Gasteiger partial charge in [-0.05, 0) is 49.6 Å². The molecular weight excluding hydrogens is 314 g/mol. The average molecular weight is 336 g/mol. The van der Waals surface area contributed by atoms with Gasteiger partial charge in [0.25, 0.3) is 0 Å². The summed E-state index contributed by atoms with van der Waals surface area (Å²) in [6.07, 6.45) is 3.89. The number of aromatic nitrogens is 2. The molecule has 1 aromatic heterocycles. The summed E-state index contributed by atoms with van der Waals surface area (Å²) in [6, 6.07) is 8.73. The fourth-order valence-corrected chi connectivity index (χ4v) is 2.64. The molecule has 108 valence electrons. The summed E-state index contributed by atoms with van der Waals surface area (Å²) in [7, 11) is 0. The second-order valence-corrected chi connectivity index (χ2v) is 6.27. The molecule has 2 aromatic rings. The molecule has 2 atom stereocenters. The molecule has 4 heteroatoms. The maximum atomic E-state index is 6.34. The Morgan fingerprint density at radius 1 is 1.35 bits per heavy atom. The van der Waals surface area contributed by atoms with Gasteiger partial charge in [0.2, 0.25) is 0 Å². The standard InChI is InChI=1S/C16H22BrN3/c1-4-12(3)20-8-7-14(19-20)10-16(18)15-9-13(17)6-5-11(15)2/h5-9,12,16H,4,10,18H2,1-3H3. The molecule has 20 heavy (non-hydrogen) atoms. The van der Waals surface area contributed by atoms with Crippen LogP contribution >= 0.6 is 15.9 Å². The van der Waals surface area contributed by atoms with Crippen molar-refractivity contribution < 1.29 is 0 Å². The monoisotopic (exact) mass is 335 g/mol. The average Bonchev–Trinajstić information content (AvgIpc) is 2.89. The maximum Gasteiger partial charge on any atom is 0.0643 e. The van der Waals surface area contributed by atoms with E-state index < -0.39 is 0 Å². The van der Waals surface area contributed by atoms with E-state index in [4.69, 9.17) is 5.73 Å². The van der Waals surface area contributed by atoms with Gasteiger partial charge in [-0.15, -0.1) is 0 Å². The van der Waals surface area contributed by atoms with Crippen molar-refractivity contribution in [1.29, 1.82) is 0 Å². The Balaban J connectivity index is 2.13. The maximum absolute atomic E-state index is 6.34. The van der Waals surface area contributed by atoms with Gasteiger partial charge in [0.1, 0.15) is 0 Å². The van der Waals surface area contributed by atoms with Crippen LogP contribution in [-0.2, 0) is 6.42 Å². The molecule has 1 aromatic carbocycles. The number of nitrogens with two attached hydrogens (primary N) is 1. The fraction of sp³-hybridized carbons (Fsp3) is 0.438. The van der Waals surface area contributed by atoms with Crippen LogP contribution < -0.4 is 5.73 Å². The minimum Gasteiger partial charge on any atom is -0.324 e. The van der Waals surface area contributed by atoms with E-state index in [2.05, 4.69) is 60.0 Å². The summed E-state index contributed by atoms with van der Waals surface area (Å²) in [5.74, 6) is 0. The first-order valence-corrected chi connectivity index (χ1v) is 7.86. The number of hydrogen-bond acceptors (Lipinski definition) is 2. The normalized spacial score (nSPS) is 14.2. The predicted octanol–water partition coefficient (Wildman–Crippen LogP) is 4.17. The Morgan fingerprint density at radius 2 is 2.10 bits per heavy atom. The Kier molecular flexibility index (Phi) is 5.00. The van der Waals surface area contributed by atoms with Gasteiger partial charge < -0.3 is 5.73 Å². The van der Waals surface area contributed by atoms with Gasteiger partial charge in [0.15, 0.2) is 0 Å². The van der Waals surface area contributed by atoms with Crippen LogP contribution in [-0.4, -0.2) is 9.78 Å². The highest BCUT2D eigenvalue weighted by Crippen LogP contribution is 2.23. The Hall–Kier alpha value is -1.13. The van der Waals surface area contributed by atoms with Gasteiger partial charge >= 0.3 is 0 Å². The summed E-state index contributed by atoms with van der Waals surface area (Å²) in [4.78, 5) is 0. The van der Waals surface area contributed by atoms with Gasteiger partial charge in [0, 0.05) is 29.2 Å². The van der Waals surface area contributed by atoms with E-state index in [-0.39, 0.29) is 6.04 Å². The molecule has 0 fully saturated rings. The molecule has 0 aliphatic carbocycles. The second-order valence-electron chi connectivity index (χ2n) is 5.36. The number of rotatable bonds is 5. The molecule has 2 unspecified atom stereocenters. The van der Waals surface area contributed by atoms with Crippen molar-refractivity contribution in [2.24, 2.45) is 5.73 Å². The van der Waals surface area contributed by atoms with Crippen LogP contribution in [0, 0.1) is 6.92 Å². The largest absolute Gasteiger partial charge is 0.324 e. The molecule has 0 bridgehead atoms. The minimum absolute atomic E-state index is 0.0206. The second kappa shape index (κ2) is 6.55. The Bertz CT molecular complexity index is 577. The van der Waals surface area contributed by atoms with Crippen molar-refractivity contribution in [1.82, 2.24) is 9.78 Å². The van der Waals surface area contributed by atoms with Crippen LogP contribution in [0.4, 0.5) is 0 Å². The van der Waals surface area contributed by atoms with E-state index in [0.717, 1.165) is 23.0 Å². The van der Waals surface area contributed by atoms with Crippen molar-refractivity contribution in [2.45, 2.75) is 45.7 Å². The van der Waals surface area contributed by atoms with Crippen LogP contribution in [0.25, 0.3) is 0 Å². The SMILES string of the molecule is CCC(C)n1ccc(CC(N)c2cc(Br)ccc2C)n1. The lowest BCUT2D eigenvalue weighted by molar-refractivity contribution is 0.472. The highest BCUT2D eigenvalue weighted by molar-refractivity contribution is 9.10. The van der Waals surface area contributed by atoms with Crippen molar-refractivity contribution >= 4 is 15.9 Å². The van der Waals surface area contributed by atoms with E-state index in [1.165, 1.54) is 11.1 Å². The molecule has 2 rings (SSSR count). The molecule has 0 saturated heterocycles. The molecule has 1 heterocycles. The first-order valence-electron chi connectivity index (χ1n) is 7.07. The molecule has 0 saturated carbocycles. The van der Waals surface area contributed by atoms with Gasteiger partial charge in [-0.25, -0.2) is 0 Å². The third-order valence-corrected chi connectivity index (χ3v) is 4.27. The third-order valence-electron chi connectivity index (χ3n) is 3.78. The molecular formula is C16H22BrN3. The molecule has 2 N–H and O–H groups in total. The number of nitrogens with zero attached hydrogens (tertiary/aromatic N) is 2. The van der Waals surface area contributed by atoms with Crippen molar-refractivity contribution in [3.05, 3.63) is 51.8 Å². The lowest BCUT2D eigenvalue weighted by Gasteiger charge is -2.14. The van der Waals surface area contributed by atoms with Crippen LogP contribution in [0.1, 0.15) is 49.2 Å². The van der Waals surface area contributed by atoms with Crippen LogP contribution in [0.3, 0.4) is 0 Å². The Labute approximate surface area is 129 Å². The third kappa shape index (κ3) is 3.49. The number of benzene rings is 1. The van der Waals surface area contributed by atoms with Crippen LogP contribution in [0.15, 0.2) is 34.9 Å². The smallest absolute Gasteiger partial charge is 0.0643 e. The van der Waals surface area contributed by atoms with E-state index in [1.54, 1.807) is 0 Å². The van der Waals surface area contributed by atoms with Crippen molar-refractivity contribution in [3.8, 4) is 0 Å². The molecule has 0 spiro atoms. The van der Waals surface area contributed by atoms with E-state index in [9.17, 15) is 0 Å². The first kappa shape index (κ1) is 15.3. The number of hydrogen-bond donors (Lipinski definition) is 1.